The molecule has 0 saturated carbocycles. The first-order valence-corrected chi connectivity index (χ1v) is 7.55. The van der Waals surface area contributed by atoms with Crippen molar-refractivity contribution in [2.75, 3.05) is 20.8 Å². The Morgan fingerprint density at radius 2 is 2.17 bits per heavy atom. The Balaban J connectivity index is 1.71. The zero-order valence-corrected chi connectivity index (χ0v) is 13.2. The van der Waals surface area contributed by atoms with Gasteiger partial charge in [0.25, 0.3) is 5.91 Å². The predicted molar refractivity (Wildman–Crippen MR) is 84.9 cm³/mol. The number of carbonyl (C=O) groups is 2. The summed E-state index contributed by atoms with van der Waals surface area (Å²) in [7, 11) is 2.98. The highest BCUT2D eigenvalue weighted by molar-refractivity contribution is 6.01. The van der Waals surface area contributed by atoms with Gasteiger partial charge in [-0.05, 0) is 42.2 Å². The van der Waals surface area contributed by atoms with Crippen LogP contribution in [-0.2, 0) is 16.0 Å². The molecule has 0 aromatic heterocycles. The summed E-state index contributed by atoms with van der Waals surface area (Å²) in [4.78, 5) is 26.0. The molecule has 0 radical (unpaired) electrons. The first-order valence-electron chi connectivity index (χ1n) is 7.55. The van der Waals surface area contributed by atoms with Crippen molar-refractivity contribution in [2.24, 2.45) is 5.92 Å². The maximum atomic E-state index is 12.6. The van der Waals surface area contributed by atoms with Crippen LogP contribution in [0.15, 0.2) is 42.2 Å². The predicted octanol–water partition coefficient (Wildman–Crippen LogP) is 2.54. The van der Waals surface area contributed by atoms with Gasteiger partial charge in [0.1, 0.15) is 5.76 Å². The van der Waals surface area contributed by atoms with E-state index in [1.807, 2.05) is 23.1 Å². The standard InChI is InChI=1S/C18H19NO4/c1-22-15-7-3-12(4-8-15)10-19-11-14-6-5-13(18(21)23-2)9-16(14)17(19)20/h3,5-9,12H,4,10-11H2,1-2H3. The molecular weight excluding hydrogens is 294 g/mol. The zero-order valence-electron chi connectivity index (χ0n) is 13.2. The van der Waals surface area contributed by atoms with Gasteiger partial charge in [-0.2, -0.15) is 0 Å². The summed E-state index contributed by atoms with van der Waals surface area (Å²) in [5.41, 5.74) is 1.96. The molecule has 1 aliphatic heterocycles. The molecule has 2 aliphatic rings. The minimum atomic E-state index is -0.425. The third kappa shape index (κ3) is 2.99. The third-order valence-corrected chi connectivity index (χ3v) is 4.25. The molecule has 1 heterocycles. The quantitative estimate of drug-likeness (QED) is 0.802. The van der Waals surface area contributed by atoms with Crippen molar-refractivity contribution in [3.8, 4) is 0 Å². The maximum Gasteiger partial charge on any atom is 0.337 e. The number of benzene rings is 1. The second-order valence-electron chi connectivity index (χ2n) is 5.71. The lowest BCUT2D eigenvalue weighted by Gasteiger charge is -2.22. The molecule has 23 heavy (non-hydrogen) atoms. The van der Waals surface area contributed by atoms with Gasteiger partial charge in [-0.15, -0.1) is 0 Å². The van der Waals surface area contributed by atoms with Crippen LogP contribution in [0, 0.1) is 5.92 Å². The van der Waals surface area contributed by atoms with Crippen LogP contribution in [0.1, 0.15) is 32.7 Å². The lowest BCUT2D eigenvalue weighted by Crippen LogP contribution is -2.29. The summed E-state index contributed by atoms with van der Waals surface area (Å²) in [6.45, 7) is 1.24. The number of hydrogen-bond donors (Lipinski definition) is 0. The summed E-state index contributed by atoms with van der Waals surface area (Å²) in [6, 6.07) is 5.16. The Morgan fingerprint density at radius 1 is 1.35 bits per heavy atom. The fourth-order valence-electron chi connectivity index (χ4n) is 2.97. The SMILES string of the molecule is COC(=O)c1ccc2c(c1)C(=O)N(CC1C=CC(OC)=CC1)C2. The van der Waals surface area contributed by atoms with Gasteiger partial charge >= 0.3 is 5.97 Å². The number of allylic oxidation sites excluding steroid dienone is 2. The molecule has 5 heteroatoms. The van der Waals surface area contributed by atoms with Gasteiger partial charge in [0, 0.05) is 18.7 Å². The van der Waals surface area contributed by atoms with E-state index < -0.39 is 5.97 Å². The van der Waals surface area contributed by atoms with Crippen molar-refractivity contribution < 1.29 is 19.1 Å². The number of nitrogens with zero attached hydrogens (tertiary/aromatic N) is 1. The van der Waals surface area contributed by atoms with Gasteiger partial charge in [-0.3, -0.25) is 4.79 Å². The van der Waals surface area contributed by atoms with Gasteiger partial charge in [-0.25, -0.2) is 4.79 Å². The Kier molecular flexibility index (Phi) is 4.19. The fraction of sp³-hybridized carbons (Fsp3) is 0.333. The van der Waals surface area contributed by atoms with Gasteiger partial charge in [0.15, 0.2) is 0 Å². The van der Waals surface area contributed by atoms with Gasteiger partial charge in [0.2, 0.25) is 0 Å². The van der Waals surface area contributed by atoms with E-state index in [9.17, 15) is 9.59 Å². The fourth-order valence-corrected chi connectivity index (χ4v) is 2.97. The topological polar surface area (TPSA) is 55.8 Å². The van der Waals surface area contributed by atoms with Crippen molar-refractivity contribution in [3.63, 3.8) is 0 Å². The number of fused-ring (bicyclic) bond motifs is 1. The molecule has 3 rings (SSSR count). The number of carbonyl (C=O) groups excluding carboxylic acids is 2. The van der Waals surface area contributed by atoms with Crippen LogP contribution in [0.3, 0.4) is 0 Å². The van der Waals surface area contributed by atoms with Gasteiger partial charge in [-0.1, -0.05) is 12.1 Å². The van der Waals surface area contributed by atoms with Crippen LogP contribution < -0.4 is 0 Å². The second-order valence-corrected chi connectivity index (χ2v) is 5.71. The van der Waals surface area contributed by atoms with Crippen LogP contribution in [0.4, 0.5) is 0 Å². The summed E-state index contributed by atoms with van der Waals surface area (Å²) in [5.74, 6) is 0.694. The summed E-state index contributed by atoms with van der Waals surface area (Å²) in [5, 5.41) is 0. The van der Waals surface area contributed by atoms with Crippen LogP contribution in [-0.4, -0.2) is 37.5 Å². The average molecular weight is 313 g/mol. The monoisotopic (exact) mass is 313 g/mol. The maximum absolute atomic E-state index is 12.6. The van der Waals surface area contributed by atoms with Gasteiger partial charge in [0.05, 0.1) is 19.8 Å². The molecule has 5 nitrogen and oxygen atoms in total. The lowest BCUT2D eigenvalue weighted by atomic mass is 9.99. The molecule has 0 fully saturated rings. The van der Waals surface area contributed by atoms with E-state index in [4.69, 9.17) is 9.47 Å². The minimum Gasteiger partial charge on any atom is -0.497 e. The van der Waals surface area contributed by atoms with E-state index in [0.717, 1.165) is 17.7 Å². The lowest BCUT2D eigenvalue weighted by molar-refractivity contribution is 0.0600. The second kappa shape index (κ2) is 6.28. The number of hydrogen-bond acceptors (Lipinski definition) is 4. The molecule has 0 spiro atoms. The highest BCUT2D eigenvalue weighted by atomic mass is 16.5. The van der Waals surface area contributed by atoms with E-state index >= 15 is 0 Å². The highest BCUT2D eigenvalue weighted by Gasteiger charge is 2.29. The van der Waals surface area contributed by atoms with Crippen molar-refractivity contribution in [1.29, 1.82) is 0 Å². The molecule has 0 saturated heterocycles. The van der Waals surface area contributed by atoms with Crippen LogP contribution in [0.2, 0.25) is 0 Å². The molecule has 1 aromatic carbocycles. The molecule has 120 valence electrons. The van der Waals surface area contributed by atoms with Crippen molar-refractivity contribution in [1.82, 2.24) is 4.90 Å². The van der Waals surface area contributed by atoms with Crippen molar-refractivity contribution >= 4 is 11.9 Å². The van der Waals surface area contributed by atoms with E-state index in [0.29, 0.717) is 24.2 Å². The molecular formula is C18H19NO4. The van der Waals surface area contributed by atoms with E-state index in [-0.39, 0.29) is 11.8 Å². The molecule has 1 aliphatic carbocycles. The normalized spacial score (nSPS) is 19.4. The van der Waals surface area contributed by atoms with Crippen molar-refractivity contribution in [2.45, 2.75) is 13.0 Å². The smallest absolute Gasteiger partial charge is 0.337 e. The molecule has 1 atom stereocenters. The van der Waals surface area contributed by atoms with E-state index in [2.05, 4.69) is 6.08 Å². The van der Waals surface area contributed by atoms with Crippen LogP contribution in [0.5, 0.6) is 0 Å². The minimum absolute atomic E-state index is 0.0272. The summed E-state index contributed by atoms with van der Waals surface area (Å²) >= 11 is 0. The number of esters is 1. The molecule has 1 amide bonds. The average Bonchev–Trinajstić information content (AvgIpc) is 2.90. The van der Waals surface area contributed by atoms with Gasteiger partial charge < -0.3 is 14.4 Å². The Hall–Kier alpha value is -2.56. The Morgan fingerprint density at radius 3 is 2.83 bits per heavy atom. The molecule has 1 unspecified atom stereocenters. The van der Waals surface area contributed by atoms with E-state index in [1.165, 1.54) is 7.11 Å². The van der Waals surface area contributed by atoms with E-state index in [1.54, 1.807) is 19.2 Å². The number of rotatable bonds is 4. The molecule has 1 aromatic rings. The van der Waals surface area contributed by atoms with Crippen LogP contribution in [0.25, 0.3) is 0 Å². The molecule has 0 bridgehead atoms. The number of methoxy groups -OCH3 is 2. The van der Waals surface area contributed by atoms with Crippen molar-refractivity contribution in [3.05, 3.63) is 58.9 Å². The summed E-state index contributed by atoms with van der Waals surface area (Å²) < 4.78 is 9.89. The number of amides is 1. The zero-order chi connectivity index (χ0) is 16.4. The summed E-state index contributed by atoms with van der Waals surface area (Å²) in [6.07, 6.45) is 6.91. The van der Waals surface area contributed by atoms with Crippen LogP contribution >= 0.6 is 0 Å². The Bertz CT molecular complexity index is 705. The first-order chi connectivity index (χ1) is 11.1. The first kappa shape index (κ1) is 15.3. The largest absolute Gasteiger partial charge is 0.497 e. The number of ether oxygens (including phenoxy) is 2. The molecule has 0 N–H and O–H groups in total. The Labute approximate surface area is 135 Å². The highest BCUT2D eigenvalue weighted by Crippen LogP contribution is 2.27. The third-order valence-electron chi connectivity index (χ3n) is 4.25.